The lowest BCUT2D eigenvalue weighted by Crippen LogP contribution is -2.47. The smallest absolute Gasteiger partial charge is 0.407 e. The number of hydrogen-bond donors (Lipinski definition) is 2. The number of rotatable bonds is 5. The van der Waals surface area contributed by atoms with Gasteiger partial charge >= 0.3 is 6.09 Å². The number of carbonyl (C=O) groups is 1. The average molecular weight is 278 g/mol. The molecule has 2 rings (SSSR count). The molecule has 1 aromatic rings. The van der Waals surface area contributed by atoms with Gasteiger partial charge in [0.25, 0.3) is 0 Å². The predicted octanol–water partition coefficient (Wildman–Crippen LogP) is 1.41. The maximum absolute atomic E-state index is 10.8. The zero-order valence-electron chi connectivity index (χ0n) is 11.7. The van der Waals surface area contributed by atoms with Crippen LogP contribution in [0.15, 0.2) is 24.3 Å². The van der Waals surface area contributed by atoms with Crippen LogP contribution in [0, 0.1) is 0 Å². The van der Waals surface area contributed by atoms with Crippen molar-refractivity contribution in [1.82, 2.24) is 9.80 Å². The van der Waals surface area contributed by atoms with Gasteiger partial charge in [0, 0.05) is 39.3 Å². The van der Waals surface area contributed by atoms with Gasteiger partial charge in [-0.15, -0.1) is 0 Å². The minimum atomic E-state index is -0.821. The van der Waals surface area contributed by atoms with Crippen LogP contribution in [0.4, 0.5) is 4.79 Å². The van der Waals surface area contributed by atoms with Crippen LogP contribution in [0.2, 0.25) is 0 Å². The monoisotopic (exact) mass is 278 g/mol. The first-order chi connectivity index (χ1) is 9.69. The Kier molecular flexibility index (Phi) is 5.38. The molecule has 1 aliphatic heterocycles. The normalized spacial score (nSPS) is 16.4. The Hall–Kier alpha value is -1.59. The maximum Gasteiger partial charge on any atom is 0.407 e. The number of aliphatic hydroxyl groups excluding tert-OH is 1. The topological polar surface area (TPSA) is 64.0 Å². The van der Waals surface area contributed by atoms with Crippen molar-refractivity contribution in [2.75, 3.05) is 32.8 Å². The average Bonchev–Trinajstić information content (AvgIpc) is 2.47. The van der Waals surface area contributed by atoms with E-state index in [-0.39, 0.29) is 6.61 Å². The summed E-state index contributed by atoms with van der Waals surface area (Å²) in [6, 6.07) is 8.46. The second-order valence-electron chi connectivity index (χ2n) is 5.19. The second-order valence-corrected chi connectivity index (χ2v) is 5.19. The molecule has 1 aromatic carbocycles. The molecular weight excluding hydrogens is 256 g/mol. The number of hydrogen-bond acceptors (Lipinski definition) is 3. The lowest BCUT2D eigenvalue weighted by molar-refractivity contribution is 0.103. The molecule has 0 aliphatic carbocycles. The Morgan fingerprint density at radius 3 is 2.20 bits per heavy atom. The van der Waals surface area contributed by atoms with E-state index in [1.165, 1.54) is 16.0 Å². The van der Waals surface area contributed by atoms with Crippen LogP contribution in [0.25, 0.3) is 0 Å². The van der Waals surface area contributed by atoms with Gasteiger partial charge in [0.2, 0.25) is 0 Å². The molecule has 20 heavy (non-hydrogen) atoms. The van der Waals surface area contributed by atoms with E-state index in [9.17, 15) is 4.79 Å². The minimum absolute atomic E-state index is 0.232. The summed E-state index contributed by atoms with van der Waals surface area (Å²) in [4.78, 5) is 14.6. The number of piperazine rings is 1. The van der Waals surface area contributed by atoms with E-state index in [0.29, 0.717) is 13.1 Å². The molecule has 110 valence electrons. The zero-order valence-corrected chi connectivity index (χ0v) is 11.7. The van der Waals surface area contributed by atoms with Crippen molar-refractivity contribution < 1.29 is 15.0 Å². The number of aryl methyl sites for hydroxylation is 1. The van der Waals surface area contributed by atoms with Crippen LogP contribution in [-0.2, 0) is 13.0 Å². The molecule has 1 amide bonds. The fourth-order valence-corrected chi connectivity index (χ4v) is 2.45. The van der Waals surface area contributed by atoms with E-state index in [0.717, 1.165) is 32.5 Å². The summed E-state index contributed by atoms with van der Waals surface area (Å²) in [5.41, 5.74) is 2.50. The van der Waals surface area contributed by atoms with Crippen LogP contribution in [0.1, 0.15) is 17.5 Å². The van der Waals surface area contributed by atoms with E-state index in [1.54, 1.807) is 0 Å². The fourth-order valence-electron chi connectivity index (χ4n) is 2.45. The second kappa shape index (κ2) is 7.26. The van der Waals surface area contributed by atoms with Crippen LogP contribution in [0.3, 0.4) is 0 Å². The van der Waals surface area contributed by atoms with E-state index in [4.69, 9.17) is 10.2 Å². The molecule has 0 atom stereocenters. The molecule has 1 heterocycles. The summed E-state index contributed by atoms with van der Waals surface area (Å²) in [6.07, 6.45) is 0.891. The van der Waals surface area contributed by atoms with Crippen molar-refractivity contribution in [3.05, 3.63) is 35.4 Å². The SMILES string of the molecule is O=C(O)N1CCN(Cc2ccc(CCCO)cc2)CC1. The molecule has 0 bridgehead atoms. The first-order valence-electron chi connectivity index (χ1n) is 7.08. The Bertz CT molecular complexity index is 425. The number of benzene rings is 1. The van der Waals surface area contributed by atoms with Crippen LogP contribution in [0.5, 0.6) is 0 Å². The molecule has 1 fully saturated rings. The Labute approximate surface area is 119 Å². The molecule has 5 nitrogen and oxygen atoms in total. The van der Waals surface area contributed by atoms with Crippen molar-refractivity contribution >= 4 is 6.09 Å². The highest BCUT2D eigenvalue weighted by atomic mass is 16.4. The molecule has 0 aromatic heterocycles. The largest absolute Gasteiger partial charge is 0.465 e. The lowest BCUT2D eigenvalue weighted by Gasteiger charge is -2.33. The van der Waals surface area contributed by atoms with Crippen molar-refractivity contribution in [3.8, 4) is 0 Å². The van der Waals surface area contributed by atoms with Gasteiger partial charge in [0.15, 0.2) is 0 Å². The molecular formula is C15H22N2O3. The predicted molar refractivity (Wildman–Crippen MR) is 76.7 cm³/mol. The van der Waals surface area contributed by atoms with E-state index in [2.05, 4.69) is 29.2 Å². The van der Waals surface area contributed by atoms with Gasteiger partial charge in [-0.05, 0) is 24.0 Å². The highest BCUT2D eigenvalue weighted by Crippen LogP contribution is 2.11. The van der Waals surface area contributed by atoms with Gasteiger partial charge in [0.05, 0.1) is 0 Å². The van der Waals surface area contributed by atoms with E-state index >= 15 is 0 Å². The Morgan fingerprint density at radius 2 is 1.65 bits per heavy atom. The van der Waals surface area contributed by atoms with Crippen LogP contribution in [-0.4, -0.2) is 58.9 Å². The molecule has 5 heteroatoms. The molecule has 2 N–H and O–H groups in total. The van der Waals surface area contributed by atoms with Crippen molar-refractivity contribution in [2.45, 2.75) is 19.4 Å². The first kappa shape index (κ1) is 14.8. The number of nitrogens with zero attached hydrogens (tertiary/aromatic N) is 2. The van der Waals surface area contributed by atoms with E-state index in [1.807, 2.05) is 0 Å². The maximum atomic E-state index is 10.8. The molecule has 1 aliphatic rings. The number of aliphatic hydroxyl groups is 1. The summed E-state index contributed by atoms with van der Waals surface area (Å²) in [5, 5.41) is 17.7. The molecule has 0 spiro atoms. The van der Waals surface area contributed by atoms with Gasteiger partial charge in [-0.2, -0.15) is 0 Å². The van der Waals surface area contributed by atoms with Gasteiger partial charge < -0.3 is 15.1 Å². The summed E-state index contributed by atoms with van der Waals surface area (Å²) in [7, 11) is 0. The van der Waals surface area contributed by atoms with Gasteiger partial charge in [0.1, 0.15) is 0 Å². The van der Waals surface area contributed by atoms with Gasteiger partial charge in [-0.3, -0.25) is 4.90 Å². The minimum Gasteiger partial charge on any atom is -0.465 e. The summed E-state index contributed by atoms with van der Waals surface area (Å²) in [5.74, 6) is 0. The fraction of sp³-hybridized carbons (Fsp3) is 0.533. The molecule has 0 radical (unpaired) electrons. The number of carboxylic acid groups (broad SMARTS) is 1. The molecule has 0 unspecified atom stereocenters. The van der Waals surface area contributed by atoms with Gasteiger partial charge in [-0.1, -0.05) is 24.3 Å². The standard InChI is InChI=1S/C15H22N2O3/c18-11-1-2-13-3-5-14(6-4-13)12-16-7-9-17(10-8-16)15(19)20/h3-6,18H,1-2,7-12H2,(H,19,20). The third-order valence-electron chi connectivity index (χ3n) is 3.70. The first-order valence-corrected chi connectivity index (χ1v) is 7.08. The highest BCUT2D eigenvalue weighted by Gasteiger charge is 2.19. The molecule has 1 saturated heterocycles. The summed E-state index contributed by atoms with van der Waals surface area (Å²) in [6.45, 7) is 3.86. The number of amides is 1. The van der Waals surface area contributed by atoms with Crippen molar-refractivity contribution in [1.29, 1.82) is 0 Å². The highest BCUT2D eigenvalue weighted by molar-refractivity contribution is 5.65. The van der Waals surface area contributed by atoms with E-state index < -0.39 is 6.09 Å². The third-order valence-corrected chi connectivity index (χ3v) is 3.70. The lowest BCUT2D eigenvalue weighted by atomic mass is 10.1. The Balaban J connectivity index is 1.80. The quantitative estimate of drug-likeness (QED) is 0.854. The summed E-state index contributed by atoms with van der Waals surface area (Å²) < 4.78 is 0. The van der Waals surface area contributed by atoms with Gasteiger partial charge in [-0.25, -0.2) is 4.79 Å². The zero-order chi connectivity index (χ0) is 14.4. The van der Waals surface area contributed by atoms with Crippen molar-refractivity contribution in [3.63, 3.8) is 0 Å². The molecule has 0 saturated carbocycles. The summed E-state index contributed by atoms with van der Waals surface area (Å²) >= 11 is 0. The van der Waals surface area contributed by atoms with Crippen molar-refractivity contribution in [2.24, 2.45) is 0 Å². The third kappa shape index (κ3) is 4.21. The van der Waals surface area contributed by atoms with Crippen LogP contribution < -0.4 is 0 Å². The Morgan fingerprint density at radius 1 is 1.05 bits per heavy atom. The van der Waals surface area contributed by atoms with Crippen LogP contribution >= 0.6 is 0 Å².